The molecular formula is C16H14N4O3. The third-order valence-corrected chi connectivity index (χ3v) is 3.43. The van der Waals surface area contributed by atoms with Gasteiger partial charge in [0.2, 0.25) is 0 Å². The van der Waals surface area contributed by atoms with Gasteiger partial charge < -0.3 is 10.4 Å². The zero-order chi connectivity index (χ0) is 16.4. The fourth-order valence-corrected chi connectivity index (χ4v) is 2.31. The van der Waals surface area contributed by atoms with Crippen molar-refractivity contribution in [3.63, 3.8) is 0 Å². The van der Waals surface area contributed by atoms with Crippen molar-refractivity contribution in [1.82, 2.24) is 14.6 Å². The molecule has 116 valence electrons. The topological polar surface area (TPSA) is 96.6 Å². The van der Waals surface area contributed by atoms with E-state index in [0.717, 1.165) is 5.82 Å². The number of aromatic carboxylic acids is 1. The SMILES string of the molecule is CCc1nnc2c(C(=O)Nc3cccc(C(=O)O)c3)cccn12. The van der Waals surface area contributed by atoms with E-state index in [1.807, 2.05) is 6.92 Å². The number of carboxylic acid groups (broad SMARTS) is 1. The molecule has 0 aliphatic heterocycles. The smallest absolute Gasteiger partial charge is 0.335 e. The Kier molecular flexibility index (Phi) is 3.76. The van der Waals surface area contributed by atoms with Crippen LogP contribution in [0.1, 0.15) is 33.5 Å². The third kappa shape index (κ3) is 2.76. The second-order valence-electron chi connectivity index (χ2n) is 4.93. The fourth-order valence-electron chi connectivity index (χ4n) is 2.31. The number of fused-ring (bicyclic) bond motifs is 1. The average molecular weight is 310 g/mol. The molecule has 2 heterocycles. The Balaban J connectivity index is 1.94. The van der Waals surface area contributed by atoms with Crippen LogP contribution >= 0.6 is 0 Å². The number of carbonyl (C=O) groups excluding carboxylic acids is 1. The Morgan fingerprint density at radius 3 is 2.78 bits per heavy atom. The van der Waals surface area contributed by atoms with Crippen LogP contribution in [0.25, 0.3) is 5.65 Å². The number of aryl methyl sites for hydroxylation is 1. The number of nitrogens with zero attached hydrogens (tertiary/aromatic N) is 3. The first-order valence-electron chi connectivity index (χ1n) is 7.07. The van der Waals surface area contributed by atoms with Gasteiger partial charge in [-0.3, -0.25) is 9.20 Å². The highest BCUT2D eigenvalue weighted by Gasteiger charge is 2.15. The van der Waals surface area contributed by atoms with Gasteiger partial charge in [-0.25, -0.2) is 4.79 Å². The summed E-state index contributed by atoms with van der Waals surface area (Å²) in [6.07, 6.45) is 2.50. The monoisotopic (exact) mass is 310 g/mol. The molecule has 7 nitrogen and oxygen atoms in total. The molecule has 2 N–H and O–H groups in total. The number of hydrogen-bond donors (Lipinski definition) is 2. The Labute approximate surface area is 131 Å². The Bertz CT molecular complexity index is 901. The van der Waals surface area contributed by atoms with Crippen molar-refractivity contribution in [3.8, 4) is 0 Å². The normalized spacial score (nSPS) is 10.7. The largest absolute Gasteiger partial charge is 0.478 e. The maximum absolute atomic E-state index is 12.5. The van der Waals surface area contributed by atoms with Crippen molar-refractivity contribution < 1.29 is 14.7 Å². The second-order valence-corrected chi connectivity index (χ2v) is 4.93. The summed E-state index contributed by atoms with van der Waals surface area (Å²) in [5.41, 5.74) is 1.36. The lowest BCUT2D eigenvalue weighted by atomic mass is 10.2. The van der Waals surface area contributed by atoms with E-state index in [2.05, 4.69) is 15.5 Å². The molecule has 0 bridgehead atoms. The summed E-state index contributed by atoms with van der Waals surface area (Å²) < 4.78 is 1.77. The minimum absolute atomic E-state index is 0.108. The highest BCUT2D eigenvalue weighted by atomic mass is 16.4. The lowest BCUT2D eigenvalue weighted by molar-refractivity contribution is 0.0696. The third-order valence-electron chi connectivity index (χ3n) is 3.43. The van der Waals surface area contributed by atoms with E-state index < -0.39 is 5.97 Å². The van der Waals surface area contributed by atoms with Gasteiger partial charge in [-0.05, 0) is 30.3 Å². The van der Waals surface area contributed by atoms with Crippen LogP contribution in [-0.4, -0.2) is 31.6 Å². The number of pyridine rings is 1. The summed E-state index contributed by atoms with van der Waals surface area (Å²) in [5.74, 6) is -0.649. The van der Waals surface area contributed by atoms with Crippen molar-refractivity contribution in [2.75, 3.05) is 5.32 Å². The standard InChI is InChI=1S/C16H14N4O3/c1-2-13-18-19-14-12(7-4-8-20(13)14)15(21)17-11-6-3-5-10(9-11)16(22)23/h3-9H,2H2,1H3,(H,17,21)(H,22,23). The molecule has 1 amide bonds. The van der Waals surface area contributed by atoms with Crippen LogP contribution in [0.5, 0.6) is 0 Å². The molecule has 0 aliphatic carbocycles. The molecule has 0 spiro atoms. The lowest BCUT2D eigenvalue weighted by Crippen LogP contribution is -2.14. The molecule has 2 aromatic heterocycles. The van der Waals surface area contributed by atoms with Crippen molar-refractivity contribution in [1.29, 1.82) is 0 Å². The number of carbonyl (C=O) groups is 2. The van der Waals surface area contributed by atoms with E-state index >= 15 is 0 Å². The van der Waals surface area contributed by atoms with Gasteiger partial charge >= 0.3 is 5.97 Å². The Morgan fingerprint density at radius 1 is 1.22 bits per heavy atom. The van der Waals surface area contributed by atoms with Gasteiger partial charge in [0, 0.05) is 18.3 Å². The van der Waals surface area contributed by atoms with Crippen LogP contribution in [0.4, 0.5) is 5.69 Å². The first-order valence-corrected chi connectivity index (χ1v) is 7.07. The molecular weight excluding hydrogens is 296 g/mol. The quantitative estimate of drug-likeness (QED) is 0.770. The summed E-state index contributed by atoms with van der Waals surface area (Å²) in [6.45, 7) is 1.96. The van der Waals surface area contributed by atoms with Crippen LogP contribution in [-0.2, 0) is 6.42 Å². The fraction of sp³-hybridized carbons (Fsp3) is 0.125. The molecule has 0 saturated carbocycles. The Morgan fingerprint density at radius 2 is 2.04 bits per heavy atom. The summed E-state index contributed by atoms with van der Waals surface area (Å²) in [6, 6.07) is 9.47. The molecule has 3 aromatic rings. The zero-order valence-electron chi connectivity index (χ0n) is 12.4. The van der Waals surface area contributed by atoms with Gasteiger partial charge in [0.05, 0.1) is 11.1 Å². The van der Waals surface area contributed by atoms with Gasteiger partial charge in [0.15, 0.2) is 5.65 Å². The highest BCUT2D eigenvalue weighted by molar-refractivity contribution is 6.08. The maximum Gasteiger partial charge on any atom is 0.335 e. The molecule has 0 radical (unpaired) electrons. The van der Waals surface area contributed by atoms with E-state index in [-0.39, 0.29) is 11.5 Å². The molecule has 0 saturated heterocycles. The van der Waals surface area contributed by atoms with Gasteiger partial charge in [-0.1, -0.05) is 13.0 Å². The van der Waals surface area contributed by atoms with Crippen LogP contribution in [0, 0.1) is 0 Å². The predicted molar refractivity (Wildman–Crippen MR) is 83.7 cm³/mol. The molecule has 0 unspecified atom stereocenters. The number of aromatic nitrogens is 3. The van der Waals surface area contributed by atoms with Gasteiger partial charge in [0.1, 0.15) is 5.82 Å². The number of hydrogen-bond acceptors (Lipinski definition) is 4. The predicted octanol–water partition coefficient (Wildman–Crippen LogP) is 2.24. The lowest BCUT2D eigenvalue weighted by Gasteiger charge is -2.07. The second kappa shape index (κ2) is 5.88. The number of benzene rings is 1. The first-order chi connectivity index (χ1) is 11.1. The number of amides is 1. The van der Waals surface area contributed by atoms with E-state index in [1.54, 1.807) is 34.9 Å². The van der Waals surface area contributed by atoms with Crippen molar-refractivity contribution in [2.45, 2.75) is 13.3 Å². The van der Waals surface area contributed by atoms with Gasteiger partial charge in [-0.2, -0.15) is 0 Å². The molecule has 0 atom stereocenters. The van der Waals surface area contributed by atoms with Crippen molar-refractivity contribution >= 4 is 23.2 Å². The van der Waals surface area contributed by atoms with E-state index in [9.17, 15) is 9.59 Å². The average Bonchev–Trinajstić information content (AvgIpc) is 2.98. The molecule has 7 heteroatoms. The van der Waals surface area contributed by atoms with Crippen LogP contribution in [0.2, 0.25) is 0 Å². The number of nitrogens with one attached hydrogen (secondary N) is 1. The van der Waals surface area contributed by atoms with E-state index in [0.29, 0.717) is 23.3 Å². The minimum Gasteiger partial charge on any atom is -0.478 e. The summed E-state index contributed by atoms with van der Waals surface area (Å²) in [5, 5.41) is 19.8. The summed E-state index contributed by atoms with van der Waals surface area (Å²) >= 11 is 0. The van der Waals surface area contributed by atoms with Gasteiger partial charge in [-0.15, -0.1) is 10.2 Å². The zero-order valence-corrected chi connectivity index (χ0v) is 12.4. The number of rotatable bonds is 4. The minimum atomic E-state index is -1.05. The van der Waals surface area contributed by atoms with E-state index in [1.165, 1.54) is 12.1 Å². The molecule has 0 aliphatic rings. The number of carboxylic acids is 1. The molecule has 23 heavy (non-hydrogen) atoms. The van der Waals surface area contributed by atoms with Crippen LogP contribution < -0.4 is 5.32 Å². The van der Waals surface area contributed by atoms with E-state index in [4.69, 9.17) is 5.11 Å². The van der Waals surface area contributed by atoms with Crippen LogP contribution in [0.15, 0.2) is 42.6 Å². The Hall–Kier alpha value is -3.22. The number of anilines is 1. The van der Waals surface area contributed by atoms with Crippen molar-refractivity contribution in [3.05, 3.63) is 59.5 Å². The molecule has 1 aromatic carbocycles. The van der Waals surface area contributed by atoms with Gasteiger partial charge in [0.25, 0.3) is 5.91 Å². The maximum atomic E-state index is 12.5. The summed E-state index contributed by atoms with van der Waals surface area (Å²) in [7, 11) is 0. The van der Waals surface area contributed by atoms with Crippen molar-refractivity contribution in [2.24, 2.45) is 0 Å². The molecule has 3 rings (SSSR count). The molecule has 0 fully saturated rings. The van der Waals surface area contributed by atoms with Crippen LogP contribution in [0.3, 0.4) is 0 Å². The highest BCUT2D eigenvalue weighted by Crippen LogP contribution is 2.15. The first kappa shape index (κ1) is 14.7. The summed E-state index contributed by atoms with van der Waals surface area (Å²) in [4.78, 5) is 23.5.